The molecule has 0 saturated carbocycles. The minimum Gasteiger partial charge on any atom is -0.481 e. The molecule has 4 nitrogen and oxygen atoms in total. The second-order valence-corrected chi connectivity index (χ2v) is 4.71. The summed E-state index contributed by atoms with van der Waals surface area (Å²) in [5.74, 6) is -0.919. The Morgan fingerprint density at radius 2 is 2.35 bits per heavy atom. The number of pyridine rings is 1. The van der Waals surface area contributed by atoms with E-state index in [1.807, 2.05) is 32.0 Å². The van der Waals surface area contributed by atoms with Crippen LogP contribution >= 0.6 is 0 Å². The second kappa shape index (κ2) is 4.84. The van der Waals surface area contributed by atoms with Gasteiger partial charge in [-0.15, -0.1) is 0 Å². The largest absolute Gasteiger partial charge is 0.481 e. The van der Waals surface area contributed by atoms with Crippen LogP contribution < -0.4 is 0 Å². The van der Waals surface area contributed by atoms with E-state index in [-0.39, 0.29) is 12.0 Å². The monoisotopic (exact) mass is 234 g/mol. The zero-order valence-corrected chi connectivity index (χ0v) is 10.3. The Bertz CT molecular complexity index is 420. The molecular weight excluding hydrogens is 216 g/mol. The Labute approximate surface area is 101 Å². The Morgan fingerprint density at radius 3 is 2.94 bits per heavy atom. The van der Waals surface area contributed by atoms with Gasteiger partial charge >= 0.3 is 5.97 Å². The van der Waals surface area contributed by atoms with Crippen LogP contribution in [0.2, 0.25) is 0 Å². The molecule has 2 atom stereocenters. The van der Waals surface area contributed by atoms with Crippen LogP contribution in [0.1, 0.15) is 24.7 Å². The molecule has 2 unspecified atom stereocenters. The number of likely N-dealkylation sites (tertiary alicyclic amines) is 1. The molecule has 0 aliphatic carbocycles. The van der Waals surface area contributed by atoms with Gasteiger partial charge in [0, 0.05) is 18.3 Å². The van der Waals surface area contributed by atoms with Crippen molar-refractivity contribution in [3.63, 3.8) is 0 Å². The van der Waals surface area contributed by atoms with Crippen molar-refractivity contribution in [3.8, 4) is 0 Å². The summed E-state index contributed by atoms with van der Waals surface area (Å²) in [4.78, 5) is 17.7. The summed E-state index contributed by atoms with van der Waals surface area (Å²) >= 11 is 0. The number of rotatable bonds is 3. The van der Waals surface area contributed by atoms with Crippen LogP contribution in [-0.2, 0) is 11.3 Å². The highest BCUT2D eigenvalue weighted by atomic mass is 16.4. The van der Waals surface area contributed by atoms with Crippen LogP contribution in [0.15, 0.2) is 18.2 Å². The van der Waals surface area contributed by atoms with E-state index >= 15 is 0 Å². The summed E-state index contributed by atoms with van der Waals surface area (Å²) in [7, 11) is 0. The minimum atomic E-state index is -0.683. The second-order valence-electron chi connectivity index (χ2n) is 4.71. The molecule has 0 radical (unpaired) electrons. The Kier molecular flexibility index (Phi) is 3.43. The third-order valence-corrected chi connectivity index (χ3v) is 3.51. The van der Waals surface area contributed by atoms with Gasteiger partial charge in [-0.2, -0.15) is 0 Å². The average molecular weight is 234 g/mol. The lowest BCUT2D eigenvalue weighted by Crippen LogP contribution is -2.32. The molecule has 2 heterocycles. The smallest absolute Gasteiger partial charge is 0.308 e. The molecule has 1 fully saturated rings. The molecule has 0 spiro atoms. The number of carboxylic acids is 1. The minimum absolute atomic E-state index is 0.0924. The highest BCUT2D eigenvalue weighted by Gasteiger charge is 2.35. The van der Waals surface area contributed by atoms with Crippen molar-refractivity contribution in [1.29, 1.82) is 0 Å². The molecule has 0 aromatic carbocycles. The maximum absolute atomic E-state index is 11.0. The van der Waals surface area contributed by atoms with Gasteiger partial charge in [0.15, 0.2) is 0 Å². The zero-order chi connectivity index (χ0) is 12.4. The lowest BCUT2D eigenvalue weighted by atomic mass is 10.0. The molecule has 1 aromatic rings. The van der Waals surface area contributed by atoms with Crippen LogP contribution in [0.5, 0.6) is 0 Å². The fourth-order valence-corrected chi connectivity index (χ4v) is 2.45. The van der Waals surface area contributed by atoms with Crippen molar-refractivity contribution < 1.29 is 9.90 Å². The standard InChI is InChI=1S/C13H18N2O2/c1-9-4-3-5-11(14-9)8-15-7-6-12(10(15)2)13(16)17/h3-5,10,12H,6-8H2,1-2H3,(H,16,17). The zero-order valence-electron chi connectivity index (χ0n) is 10.3. The molecule has 1 aliphatic heterocycles. The number of carbonyl (C=O) groups is 1. The molecule has 1 aromatic heterocycles. The van der Waals surface area contributed by atoms with Crippen LogP contribution in [-0.4, -0.2) is 33.5 Å². The van der Waals surface area contributed by atoms with Gasteiger partial charge in [-0.1, -0.05) is 6.07 Å². The van der Waals surface area contributed by atoms with Gasteiger partial charge in [0.05, 0.1) is 11.6 Å². The average Bonchev–Trinajstić information content (AvgIpc) is 2.61. The molecule has 1 N–H and O–H groups in total. The number of aromatic nitrogens is 1. The van der Waals surface area contributed by atoms with Crippen molar-refractivity contribution in [2.24, 2.45) is 5.92 Å². The molecular formula is C13H18N2O2. The van der Waals surface area contributed by atoms with Gasteiger partial charge < -0.3 is 5.11 Å². The molecule has 1 aliphatic rings. The summed E-state index contributed by atoms with van der Waals surface area (Å²) in [5, 5.41) is 9.07. The lowest BCUT2D eigenvalue weighted by molar-refractivity contribution is -0.142. The van der Waals surface area contributed by atoms with Gasteiger partial charge in [-0.3, -0.25) is 14.7 Å². The molecule has 2 rings (SSSR count). The van der Waals surface area contributed by atoms with E-state index < -0.39 is 5.97 Å². The first-order chi connectivity index (χ1) is 8.08. The molecule has 1 saturated heterocycles. The summed E-state index contributed by atoms with van der Waals surface area (Å²) in [6.45, 7) is 5.54. The first-order valence-electron chi connectivity index (χ1n) is 5.97. The van der Waals surface area contributed by atoms with E-state index in [1.165, 1.54) is 0 Å². The fraction of sp³-hybridized carbons (Fsp3) is 0.538. The van der Waals surface area contributed by atoms with E-state index in [0.29, 0.717) is 0 Å². The van der Waals surface area contributed by atoms with Gasteiger partial charge in [0.2, 0.25) is 0 Å². The summed E-state index contributed by atoms with van der Waals surface area (Å²) in [5.41, 5.74) is 2.02. The van der Waals surface area contributed by atoms with Crippen molar-refractivity contribution in [1.82, 2.24) is 9.88 Å². The van der Waals surface area contributed by atoms with Crippen molar-refractivity contribution >= 4 is 5.97 Å². The third-order valence-electron chi connectivity index (χ3n) is 3.51. The topological polar surface area (TPSA) is 53.4 Å². The molecule has 4 heteroatoms. The van der Waals surface area contributed by atoms with Gasteiger partial charge in [-0.05, 0) is 38.9 Å². The summed E-state index contributed by atoms with van der Waals surface area (Å²) in [6.07, 6.45) is 0.738. The third kappa shape index (κ3) is 2.64. The Hall–Kier alpha value is -1.42. The molecule has 0 amide bonds. The molecule has 17 heavy (non-hydrogen) atoms. The van der Waals surface area contributed by atoms with E-state index in [1.54, 1.807) is 0 Å². The number of carboxylic acid groups (broad SMARTS) is 1. The predicted octanol–water partition coefficient (Wildman–Crippen LogP) is 1.69. The van der Waals surface area contributed by atoms with Crippen LogP contribution in [0.3, 0.4) is 0 Å². The SMILES string of the molecule is Cc1cccc(CN2CCC(C(=O)O)C2C)n1. The van der Waals surface area contributed by atoms with Crippen LogP contribution in [0, 0.1) is 12.8 Å². The van der Waals surface area contributed by atoms with Crippen molar-refractivity contribution in [2.75, 3.05) is 6.54 Å². The summed E-state index contributed by atoms with van der Waals surface area (Å²) in [6, 6.07) is 6.05. The number of aliphatic carboxylic acids is 1. The summed E-state index contributed by atoms with van der Waals surface area (Å²) < 4.78 is 0. The predicted molar refractivity (Wildman–Crippen MR) is 64.6 cm³/mol. The highest BCUT2D eigenvalue weighted by Crippen LogP contribution is 2.25. The van der Waals surface area contributed by atoms with E-state index in [9.17, 15) is 4.79 Å². The first-order valence-corrected chi connectivity index (χ1v) is 5.97. The quantitative estimate of drug-likeness (QED) is 0.864. The molecule has 0 bridgehead atoms. The Morgan fingerprint density at radius 1 is 1.59 bits per heavy atom. The van der Waals surface area contributed by atoms with Gasteiger partial charge in [0.25, 0.3) is 0 Å². The van der Waals surface area contributed by atoms with Crippen LogP contribution in [0.25, 0.3) is 0 Å². The van der Waals surface area contributed by atoms with Crippen molar-refractivity contribution in [2.45, 2.75) is 32.9 Å². The van der Waals surface area contributed by atoms with E-state index in [4.69, 9.17) is 5.11 Å². The first kappa shape index (κ1) is 12.0. The van der Waals surface area contributed by atoms with E-state index in [0.717, 1.165) is 30.9 Å². The van der Waals surface area contributed by atoms with Gasteiger partial charge in [0.1, 0.15) is 0 Å². The van der Waals surface area contributed by atoms with E-state index in [2.05, 4.69) is 9.88 Å². The fourth-order valence-electron chi connectivity index (χ4n) is 2.45. The number of hydrogen-bond acceptors (Lipinski definition) is 3. The Balaban J connectivity index is 2.03. The highest BCUT2D eigenvalue weighted by molar-refractivity contribution is 5.71. The number of nitrogens with zero attached hydrogens (tertiary/aromatic N) is 2. The molecule has 92 valence electrons. The maximum Gasteiger partial charge on any atom is 0.308 e. The normalized spacial score (nSPS) is 25.1. The van der Waals surface area contributed by atoms with Gasteiger partial charge in [-0.25, -0.2) is 0 Å². The van der Waals surface area contributed by atoms with Crippen LogP contribution in [0.4, 0.5) is 0 Å². The lowest BCUT2D eigenvalue weighted by Gasteiger charge is -2.22. The number of hydrogen-bond donors (Lipinski definition) is 1. The van der Waals surface area contributed by atoms with Crippen molar-refractivity contribution in [3.05, 3.63) is 29.6 Å². The maximum atomic E-state index is 11.0. The number of aryl methyl sites for hydroxylation is 1.